The Morgan fingerprint density at radius 1 is 1.33 bits per heavy atom. The highest BCUT2D eigenvalue weighted by Crippen LogP contribution is 2.52. The Hall–Kier alpha value is 0.110. The van der Waals surface area contributed by atoms with E-state index in [1.54, 1.807) is 0 Å². The highest BCUT2D eigenvalue weighted by atomic mass is 31.2. The monoisotopic (exact) mass is 192 g/mol. The van der Waals surface area contributed by atoms with Crippen molar-refractivity contribution < 1.29 is 18.5 Å². The van der Waals surface area contributed by atoms with Crippen LogP contribution >= 0.6 is 7.82 Å². The Morgan fingerprint density at radius 3 is 2.92 bits per heavy atom. The predicted octanol–water partition coefficient (Wildman–Crippen LogP) is 1.69. The van der Waals surface area contributed by atoms with E-state index in [1.165, 1.54) is 6.42 Å². The van der Waals surface area contributed by atoms with Crippen LogP contribution in [-0.2, 0) is 13.6 Å². The summed E-state index contributed by atoms with van der Waals surface area (Å²) in [6, 6.07) is 0. The number of fused-ring (bicyclic) bond motifs is 1. The molecule has 70 valence electrons. The summed E-state index contributed by atoms with van der Waals surface area (Å²) in [6.45, 7) is 0.387. The SMILES string of the molecule is O=P1(O)OCC2CCCCC2O1. The first-order valence-electron chi connectivity index (χ1n) is 4.33. The molecule has 1 aliphatic heterocycles. The second-order valence-electron chi connectivity index (χ2n) is 3.45. The number of rotatable bonds is 0. The summed E-state index contributed by atoms with van der Waals surface area (Å²) in [5, 5.41) is 0. The van der Waals surface area contributed by atoms with E-state index < -0.39 is 7.82 Å². The fourth-order valence-corrected chi connectivity index (χ4v) is 2.95. The van der Waals surface area contributed by atoms with Gasteiger partial charge in [0.2, 0.25) is 0 Å². The van der Waals surface area contributed by atoms with Crippen LogP contribution in [0.3, 0.4) is 0 Å². The first kappa shape index (κ1) is 8.70. The second-order valence-corrected chi connectivity index (χ2v) is 4.86. The molecular weight excluding hydrogens is 179 g/mol. The Balaban J connectivity index is 2.03. The summed E-state index contributed by atoms with van der Waals surface area (Å²) in [5.41, 5.74) is 0. The van der Waals surface area contributed by atoms with Crippen molar-refractivity contribution in [2.45, 2.75) is 31.8 Å². The summed E-state index contributed by atoms with van der Waals surface area (Å²) in [7, 11) is -3.68. The molecule has 2 aliphatic rings. The lowest BCUT2D eigenvalue weighted by Gasteiger charge is -2.36. The van der Waals surface area contributed by atoms with Crippen LogP contribution in [0.25, 0.3) is 0 Å². The fourth-order valence-electron chi connectivity index (χ4n) is 1.89. The van der Waals surface area contributed by atoms with E-state index >= 15 is 0 Å². The third-order valence-corrected chi connectivity index (χ3v) is 3.57. The topological polar surface area (TPSA) is 55.8 Å². The average Bonchev–Trinajstić information content (AvgIpc) is 2.02. The van der Waals surface area contributed by atoms with E-state index in [9.17, 15) is 4.57 Å². The van der Waals surface area contributed by atoms with E-state index in [0.29, 0.717) is 12.5 Å². The Labute approximate surface area is 71.5 Å². The standard InChI is InChI=1S/C7H13O4P/c8-12(9)10-5-6-3-1-2-4-7(6)11-12/h6-7H,1-5H2,(H,8,9). The van der Waals surface area contributed by atoms with Crippen LogP contribution in [0.5, 0.6) is 0 Å². The molecule has 1 aliphatic carbocycles. The maximum Gasteiger partial charge on any atom is 0.472 e. The molecule has 2 fully saturated rings. The Kier molecular flexibility index (Phi) is 2.25. The summed E-state index contributed by atoms with van der Waals surface area (Å²) in [5.74, 6) is 0.341. The molecular formula is C7H13O4P. The van der Waals surface area contributed by atoms with E-state index in [-0.39, 0.29) is 6.10 Å². The van der Waals surface area contributed by atoms with Crippen LogP contribution in [0.4, 0.5) is 0 Å². The summed E-state index contributed by atoms with van der Waals surface area (Å²) < 4.78 is 20.7. The lowest BCUT2D eigenvalue weighted by atomic mass is 9.87. The zero-order valence-electron chi connectivity index (χ0n) is 6.81. The van der Waals surface area contributed by atoms with E-state index in [4.69, 9.17) is 13.9 Å². The molecule has 5 heteroatoms. The maximum atomic E-state index is 11.0. The second kappa shape index (κ2) is 3.11. The molecule has 1 heterocycles. The zero-order chi connectivity index (χ0) is 8.60. The quantitative estimate of drug-likeness (QED) is 0.593. The highest BCUT2D eigenvalue weighted by molar-refractivity contribution is 7.47. The van der Waals surface area contributed by atoms with Crippen LogP contribution < -0.4 is 0 Å². The van der Waals surface area contributed by atoms with E-state index in [1.807, 2.05) is 0 Å². The summed E-state index contributed by atoms with van der Waals surface area (Å²) in [4.78, 5) is 9.02. The molecule has 0 aromatic carbocycles. The molecule has 1 N–H and O–H groups in total. The van der Waals surface area contributed by atoms with Crippen molar-refractivity contribution in [3.8, 4) is 0 Å². The van der Waals surface area contributed by atoms with Crippen molar-refractivity contribution in [1.82, 2.24) is 0 Å². The number of hydrogen-bond donors (Lipinski definition) is 1. The van der Waals surface area contributed by atoms with Crippen LogP contribution in [0.1, 0.15) is 25.7 Å². The van der Waals surface area contributed by atoms with Crippen molar-refractivity contribution in [1.29, 1.82) is 0 Å². The van der Waals surface area contributed by atoms with Crippen molar-refractivity contribution in [2.24, 2.45) is 5.92 Å². The number of phosphoric acid groups is 1. The number of phosphoric ester groups is 1. The summed E-state index contributed by atoms with van der Waals surface area (Å²) >= 11 is 0. The Bertz CT molecular complexity index is 217. The molecule has 1 saturated carbocycles. The minimum absolute atomic E-state index is 0.0386. The summed E-state index contributed by atoms with van der Waals surface area (Å²) in [6.07, 6.45) is 4.21. The fraction of sp³-hybridized carbons (Fsp3) is 1.00. The molecule has 0 spiro atoms. The van der Waals surface area contributed by atoms with Crippen molar-refractivity contribution in [3.63, 3.8) is 0 Å². The number of hydrogen-bond acceptors (Lipinski definition) is 3. The lowest BCUT2D eigenvalue weighted by Crippen LogP contribution is -2.34. The normalized spacial score (nSPS) is 48.4. The van der Waals surface area contributed by atoms with Crippen LogP contribution in [-0.4, -0.2) is 17.6 Å². The molecule has 0 amide bonds. The molecule has 4 nitrogen and oxygen atoms in total. The zero-order valence-corrected chi connectivity index (χ0v) is 7.70. The van der Waals surface area contributed by atoms with Gasteiger partial charge in [-0.05, 0) is 12.8 Å². The molecule has 1 saturated heterocycles. The maximum absolute atomic E-state index is 11.0. The Morgan fingerprint density at radius 2 is 2.08 bits per heavy atom. The minimum atomic E-state index is -3.68. The molecule has 3 atom stereocenters. The van der Waals surface area contributed by atoms with Gasteiger partial charge in [0.25, 0.3) is 0 Å². The van der Waals surface area contributed by atoms with Gasteiger partial charge in [-0.2, -0.15) is 0 Å². The van der Waals surface area contributed by atoms with Gasteiger partial charge in [-0.3, -0.25) is 9.05 Å². The molecule has 12 heavy (non-hydrogen) atoms. The van der Waals surface area contributed by atoms with Gasteiger partial charge in [0, 0.05) is 5.92 Å². The largest absolute Gasteiger partial charge is 0.472 e. The van der Waals surface area contributed by atoms with Crippen molar-refractivity contribution in [3.05, 3.63) is 0 Å². The van der Waals surface area contributed by atoms with Crippen LogP contribution in [0.15, 0.2) is 0 Å². The average molecular weight is 192 g/mol. The lowest BCUT2D eigenvalue weighted by molar-refractivity contribution is -0.0202. The molecule has 0 radical (unpaired) electrons. The minimum Gasteiger partial charge on any atom is -0.302 e. The molecule has 0 aromatic rings. The van der Waals surface area contributed by atoms with Gasteiger partial charge < -0.3 is 4.89 Å². The first-order chi connectivity index (χ1) is 5.67. The third kappa shape index (κ3) is 1.72. The highest BCUT2D eigenvalue weighted by Gasteiger charge is 2.39. The predicted molar refractivity (Wildman–Crippen MR) is 42.6 cm³/mol. The third-order valence-electron chi connectivity index (χ3n) is 2.56. The van der Waals surface area contributed by atoms with Gasteiger partial charge in [0.15, 0.2) is 0 Å². The van der Waals surface area contributed by atoms with E-state index in [2.05, 4.69) is 0 Å². The molecule has 2 rings (SSSR count). The van der Waals surface area contributed by atoms with Gasteiger partial charge in [0.05, 0.1) is 12.7 Å². The van der Waals surface area contributed by atoms with Crippen LogP contribution in [0.2, 0.25) is 0 Å². The van der Waals surface area contributed by atoms with Crippen molar-refractivity contribution in [2.75, 3.05) is 6.61 Å². The molecule has 0 bridgehead atoms. The smallest absolute Gasteiger partial charge is 0.302 e. The van der Waals surface area contributed by atoms with Crippen molar-refractivity contribution >= 4 is 7.82 Å². The van der Waals surface area contributed by atoms with Gasteiger partial charge in [-0.25, -0.2) is 4.57 Å². The molecule has 0 aromatic heterocycles. The van der Waals surface area contributed by atoms with Gasteiger partial charge >= 0.3 is 7.82 Å². The van der Waals surface area contributed by atoms with Gasteiger partial charge in [0.1, 0.15) is 0 Å². The van der Waals surface area contributed by atoms with E-state index in [0.717, 1.165) is 19.3 Å². The first-order valence-corrected chi connectivity index (χ1v) is 5.83. The van der Waals surface area contributed by atoms with Gasteiger partial charge in [-0.1, -0.05) is 12.8 Å². The molecule has 3 unspecified atom stereocenters. The van der Waals surface area contributed by atoms with Gasteiger partial charge in [-0.15, -0.1) is 0 Å². The van der Waals surface area contributed by atoms with Crippen LogP contribution in [0, 0.1) is 5.92 Å².